The zero-order valence-electron chi connectivity index (χ0n) is 22.1. The molecule has 4 aliphatic carbocycles. The minimum absolute atomic E-state index is 0.136. The summed E-state index contributed by atoms with van der Waals surface area (Å²) in [4.78, 5) is 13.4. The van der Waals surface area contributed by atoms with Crippen LogP contribution in [0.15, 0.2) is 11.6 Å². The van der Waals surface area contributed by atoms with Crippen molar-refractivity contribution in [3.63, 3.8) is 0 Å². The van der Waals surface area contributed by atoms with Gasteiger partial charge in [0.1, 0.15) is 5.41 Å². The Labute approximate surface area is 207 Å². The number of fused-ring (bicyclic) bond motifs is 2. The fourth-order valence-electron chi connectivity index (χ4n) is 9.13. The molecular formula is C30H47NO3. The molecule has 0 heterocycles. The van der Waals surface area contributed by atoms with E-state index in [1.165, 1.54) is 44.9 Å². The van der Waals surface area contributed by atoms with Crippen molar-refractivity contribution in [1.29, 1.82) is 5.26 Å². The average molecular weight is 470 g/mol. The molecule has 7 atom stereocenters. The first kappa shape index (κ1) is 25.7. The molecular weight excluding hydrogens is 422 g/mol. The molecule has 0 aromatic rings. The summed E-state index contributed by atoms with van der Waals surface area (Å²) in [7, 11) is 0. The van der Waals surface area contributed by atoms with Crippen LogP contribution < -0.4 is 0 Å². The van der Waals surface area contributed by atoms with Gasteiger partial charge in [-0.15, -0.1) is 0 Å². The van der Waals surface area contributed by atoms with E-state index >= 15 is 0 Å². The standard InChI is InChI=1S/C30H47NO3/c1-5-6-7-8-9-10-11-12-15-34-20-29-18-24-22(4)13-14-25(24)28(19-31)17-23(29)16-26(21(2)3)30(28,29)27(32)33/h16,21-25H,5-15,17-18,20H2,1-4H3,(H,32,33). The lowest BCUT2D eigenvalue weighted by Gasteiger charge is -2.57. The van der Waals surface area contributed by atoms with Gasteiger partial charge in [0, 0.05) is 12.0 Å². The molecule has 0 aromatic heterocycles. The molecule has 0 aromatic carbocycles. The van der Waals surface area contributed by atoms with E-state index in [9.17, 15) is 15.2 Å². The number of carboxylic acids is 1. The SMILES string of the molecule is CCCCCCCCCCOCC12CC3C(C)CCC3C3(C#N)CC1C=C(C(C)C)C32C(=O)O. The first-order chi connectivity index (χ1) is 16.3. The minimum Gasteiger partial charge on any atom is -0.481 e. The van der Waals surface area contributed by atoms with Crippen LogP contribution in [0.2, 0.25) is 0 Å². The number of hydrogen-bond acceptors (Lipinski definition) is 3. The summed E-state index contributed by atoms with van der Waals surface area (Å²) in [5, 5.41) is 21.7. The molecule has 4 nitrogen and oxygen atoms in total. The number of ether oxygens (including phenoxy) is 1. The van der Waals surface area contributed by atoms with Gasteiger partial charge >= 0.3 is 5.97 Å². The Morgan fingerprint density at radius 1 is 1.15 bits per heavy atom. The maximum absolute atomic E-state index is 13.4. The topological polar surface area (TPSA) is 70.3 Å². The Kier molecular flexibility index (Phi) is 7.54. The predicted octanol–water partition coefficient (Wildman–Crippen LogP) is 7.39. The lowest BCUT2D eigenvalue weighted by molar-refractivity contribution is -0.179. The van der Waals surface area contributed by atoms with Gasteiger partial charge in [0.25, 0.3) is 0 Å². The summed E-state index contributed by atoms with van der Waals surface area (Å²) < 4.78 is 6.39. The molecule has 4 heteroatoms. The fourth-order valence-corrected chi connectivity index (χ4v) is 9.13. The number of carboxylic acid groups (broad SMARTS) is 1. The second kappa shape index (κ2) is 9.96. The summed E-state index contributed by atoms with van der Waals surface area (Å²) in [6.07, 6.45) is 16.1. The highest BCUT2D eigenvalue weighted by molar-refractivity contribution is 5.85. The molecule has 0 spiro atoms. The normalized spacial score (nSPS) is 39.8. The van der Waals surface area contributed by atoms with Crippen LogP contribution in [0, 0.1) is 57.2 Å². The predicted molar refractivity (Wildman–Crippen MR) is 135 cm³/mol. The summed E-state index contributed by atoms with van der Waals surface area (Å²) >= 11 is 0. The fraction of sp³-hybridized carbons (Fsp3) is 0.867. The van der Waals surface area contributed by atoms with Crippen molar-refractivity contribution in [3.8, 4) is 6.07 Å². The van der Waals surface area contributed by atoms with E-state index < -0.39 is 22.2 Å². The monoisotopic (exact) mass is 469 g/mol. The summed E-state index contributed by atoms with van der Waals surface area (Å²) in [5.74, 6) is 0.743. The van der Waals surface area contributed by atoms with Crippen LogP contribution >= 0.6 is 0 Å². The second-order valence-electron chi connectivity index (χ2n) is 12.4. The molecule has 34 heavy (non-hydrogen) atoms. The lowest BCUT2D eigenvalue weighted by Crippen LogP contribution is -2.62. The number of unbranched alkanes of at least 4 members (excludes halogenated alkanes) is 7. The Morgan fingerprint density at radius 3 is 2.44 bits per heavy atom. The first-order valence-electron chi connectivity index (χ1n) is 14.3. The van der Waals surface area contributed by atoms with Gasteiger partial charge < -0.3 is 9.84 Å². The van der Waals surface area contributed by atoms with Crippen molar-refractivity contribution >= 4 is 5.97 Å². The molecule has 4 bridgehead atoms. The third-order valence-corrected chi connectivity index (χ3v) is 10.5. The molecule has 0 radical (unpaired) electrons. The number of allylic oxidation sites excluding steroid dienone is 1. The quantitative estimate of drug-likeness (QED) is 0.225. The number of nitrogens with zero attached hydrogens (tertiary/aromatic N) is 1. The van der Waals surface area contributed by atoms with Crippen molar-refractivity contribution in [2.24, 2.45) is 45.8 Å². The second-order valence-corrected chi connectivity index (χ2v) is 12.4. The number of carbonyl (C=O) groups is 1. The van der Waals surface area contributed by atoms with Gasteiger partial charge in [0.15, 0.2) is 0 Å². The number of rotatable bonds is 13. The molecule has 7 unspecified atom stereocenters. The van der Waals surface area contributed by atoms with Crippen LogP contribution in [0.5, 0.6) is 0 Å². The molecule has 0 aliphatic heterocycles. The Bertz CT molecular complexity index is 827. The maximum atomic E-state index is 13.4. The Morgan fingerprint density at radius 2 is 1.82 bits per heavy atom. The Balaban J connectivity index is 1.51. The van der Waals surface area contributed by atoms with Gasteiger partial charge in [-0.3, -0.25) is 4.79 Å². The average Bonchev–Trinajstić information content (AvgIpc) is 3.37. The van der Waals surface area contributed by atoms with Crippen LogP contribution in [0.4, 0.5) is 0 Å². The van der Waals surface area contributed by atoms with Gasteiger partial charge in [-0.05, 0) is 55.3 Å². The Hall–Kier alpha value is -1.34. The van der Waals surface area contributed by atoms with E-state index in [1.807, 2.05) is 0 Å². The van der Waals surface area contributed by atoms with Crippen LogP contribution in [0.25, 0.3) is 0 Å². The van der Waals surface area contributed by atoms with Crippen molar-refractivity contribution in [1.82, 2.24) is 0 Å². The van der Waals surface area contributed by atoms with E-state index in [0.29, 0.717) is 31.5 Å². The summed E-state index contributed by atoms with van der Waals surface area (Å²) in [6, 6.07) is 2.73. The highest BCUT2D eigenvalue weighted by atomic mass is 16.5. The van der Waals surface area contributed by atoms with Crippen LogP contribution in [-0.2, 0) is 9.53 Å². The van der Waals surface area contributed by atoms with Crippen LogP contribution in [0.1, 0.15) is 105 Å². The van der Waals surface area contributed by atoms with Gasteiger partial charge in [-0.2, -0.15) is 5.26 Å². The van der Waals surface area contributed by atoms with Gasteiger partial charge in [0.05, 0.1) is 18.1 Å². The lowest BCUT2D eigenvalue weighted by atomic mass is 9.43. The number of hydrogen-bond donors (Lipinski definition) is 1. The molecule has 190 valence electrons. The minimum atomic E-state index is -1.09. The van der Waals surface area contributed by atoms with Gasteiger partial charge in [-0.1, -0.05) is 90.7 Å². The zero-order valence-corrected chi connectivity index (χ0v) is 22.1. The zero-order chi connectivity index (χ0) is 24.6. The smallest absolute Gasteiger partial charge is 0.316 e. The summed E-state index contributed by atoms with van der Waals surface area (Å²) in [5.41, 5.74) is -1.31. The highest BCUT2D eigenvalue weighted by Gasteiger charge is 2.84. The molecule has 3 saturated carbocycles. The summed E-state index contributed by atoms with van der Waals surface area (Å²) in [6.45, 7) is 10.00. The first-order valence-corrected chi connectivity index (χ1v) is 14.3. The van der Waals surface area contributed by atoms with Crippen molar-refractivity contribution in [2.75, 3.05) is 13.2 Å². The number of aliphatic carboxylic acids is 1. The van der Waals surface area contributed by atoms with E-state index in [2.05, 4.69) is 39.8 Å². The van der Waals surface area contributed by atoms with Crippen molar-refractivity contribution < 1.29 is 14.6 Å². The maximum Gasteiger partial charge on any atom is 0.316 e. The molecule has 0 amide bonds. The largest absolute Gasteiger partial charge is 0.481 e. The number of nitriles is 1. The van der Waals surface area contributed by atoms with E-state index in [-0.39, 0.29) is 17.8 Å². The molecule has 0 saturated heterocycles. The van der Waals surface area contributed by atoms with E-state index in [4.69, 9.17) is 4.74 Å². The van der Waals surface area contributed by atoms with Crippen LogP contribution in [0.3, 0.4) is 0 Å². The van der Waals surface area contributed by atoms with E-state index in [1.54, 1.807) is 0 Å². The van der Waals surface area contributed by atoms with Gasteiger partial charge in [0.2, 0.25) is 0 Å². The van der Waals surface area contributed by atoms with Crippen molar-refractivity contribution in [3.05, 3.63) is 11.6 Å². The molecule has 3 fully saturated rings. The molecule has 4 rings (SSSR count). The van der Waals surface area contributed by atoms with Gasteiger partial charge in [-0.25, -0.2) is 0 Å². The van der Waals surface area contributed by atoms with Crippen LogP contribution in [-0.4, -0.2) is 24.3 Å². The molecule has 1 N–H and O–H groups in total. The van der Waals surface area contributed by atoms with E-state index in [0.717, 1.165) is 31.3 Å². The van der Waals surface area contributed by atoms with Crippen molar-refractivity contribution in [2.45, 2.75) is 105 Å². The third kappa shape index (κ3) is 3.51. The molecule has 4 aliphatic rings. The third-order valence-electron chi connectivity index (χ3n) is 10.5. The highest BCUT2D eigenvalue weighted by Crippen LogP contribution is 2.83.